The van der Waals surface area contributed by atoms with Crippen molar-refractivity contribution < 1.29 is 0 Å². The quantitative estimate of drug-likeness (QED) is 0.749. The molecule has 0 saturated carbocycles. The van der Waals surface area contributed by atoms with Crippen molar-refractivity contribution in [2.24, 2.45) is 0 Å². The zero-order valence-electron chi connectivity index (χ0n) is 13.5. The van der Waals surface area contributed by atoms with Gasteiger partial charge in [-0.2, -0.15) is 0 Å². The molecule has 0 fully saturated rings. The number of anilines is 1. The second-order valence-electron chi connectivity index (χ2n) is 6.38. The molecule has 0 atom stereocenters. The molecule has 2 aromatic rings. The molecule has 1 aromatic carbocycles. The fourth-order valence-corrected chi connectivity index (χ4v) is 3.53. The van der Waals surface area contributed by atoms with E-state index in [2.05, 4.69) is 80.7 Å². The van der Waals surface area contributed by atoms with Gasteiger partial charge in [0.25, 0.3) is 0 Å². The van der Waals surface area contributed by atoms with Crippen molar-refractivity contribution in [1.29, 1.82) is 0 Å². The molecule has 21 heavy (non-hydrogen) atoms. The second kappa shape index (κ2) is 5.91. The van der Waals surface area contributed by atoms with Gasteiger partial charge in [-0.1, -0.05) is 38.5 Å². The minimum Gasteiger partial charge on any atom is -0.372 e. The first-order valence-corrected chi connectivity index (χ1v) is 8.15. The number of nitrogens with one attached hydrogen (secondary N) is 1. The summed E-state index contributed by atoms with van der Waals surface area (Å²) < 4.78 is 1.09. The van der Waals surface area contributed by atoms with Crippen LogP contribution in [0.25, 0.3) is 11.4 Å². The van der Waals surface area contributed by atoms with Gasteiger partial charge in [-0.15, -0.1) is 0 Å². The Morgan fingerprint density at radius 3 is 2.33 bits per heavy atom. The van der Waals surface area contributed by atoms with E-state index in [9.17, 15) is 0 Å². The molecule has 0 radical (unpaired) electrons. The first-order valence-electron chi connectivity index (χ1n) is 7.07. The van der Waals surface area contributed by atoms with Gasteiger partial charge in [0.05, 0.1) is 9.26 Å². The maximum Gasteiger partial charge on any atom is 0.162 e. The zero-order valence-corrected chi connectivity index (χ0v) is 15.7. The highest BCUT2D eigenvalue weighted by molar-refractivity contribution is 14.1. The Morgan fingerprint density at radius 2 is 1.76 bits per heavy atom. The monoisotopic (exact) mass is 395 g/mol. The third-order valence-electron chi connectivity index (χ3n) is 3.43. The van der Waals surface area contributed by atoms with Crippen molar-refractivity contribution in [3.05, 3.63) is 38.6 Å². The van der Waals surface area contributed by atoms with Crippen molar-refractivity contribution in [1.82, 2.24) is 9.97 Å². The van der Waals surface area contributed by atoms with Gasteiger partial charge in [0.1, 0.15) is 5.82 Å². The number of hydrogen-bond acceptors (Lipinski definition) is 3. The molecular weight excluding hydrogens is 373 g/mol. The lowest BCUT2D eigenvalue weighted by Gasteiger charge is -2.22. The van der Waals surface area contributed by atoms with E-state index < -0.39 is 0 Å². The van der Waals surface area contributed by atoms with Gasteiger partial charge < -0.3 is 5.32 Å². The van der Waals surface area contributed by atoms with E-state index in [-0.39, 0.29) is 5.41 Å². The van der Waals surface area contributed by atoms with Crippen LogP contribution in [-0.4, -0.2) is 17.0 Å². The maximum atomic E-state index is 4.87. The number of hydrogen-bond donors (Lipinski definition) is 1. The van der Waals surface area contributed by atoms with E-state index >= 15 is 0 Å². The van der Waals surface area contributed by atoms with Crippen LogP contribution < -0.4 is 5.32 Å². The van der Waals surface area contributed by atoms with Crippen molar-refractivity contribution in [3.8, 4) is 11.4 Å². The predicted octanol–water partition coefficient (Wildman–Crippen LogP) is 4.70. The van der Waals surface area contributed by atoms with Crippen LogP contribution in [0.3, 0.4) is 0 Å². The van der Waals surface area contributed by atoms with Crippen LogP contribution in [0.15, 0.2) is 18.2 Å². The predicted molar refractivity (Wildman–Crippen MR) is 97.9 cm³/mol. The summed E-state index contributed by atoms with van der Waals surface area (Å²) in [6.45, 7) is 10.8. The molecule has 1 aromatic heterocycles. The van der Waals surface area contributed by atoms with Gasteiger partial charge in [-0.3, -0.25) is 0 Å². The summed E-state index contributed by atoms with van der Waals surface area (Å²) in [7, 11) is 1.91. The smallest absolute Gasteiger partial charge is 0.162 e. The van der Waals surface area contributed by atoms with Crippen LogP contribution >= 0.6 is 22.6 Å². The minimum atomic E-state index is -0.0163. The Bertz CT molecular complexity index is 672. The average molecular weight is 395 g/mol. The molecule has 1 heterocycles. The molecule has 0 aliphatic rings. The molecule has 1 N–H and O–H groups in total. The van der Waals surface area contributed by atoms with Crippen molar-refractivity contribution >= 4 is 28.4 Å². The fraction of sp³-hybridized carbons (Fsp3) is 0.412. The molecule has 0 amide bonds. The van der Waals surface area contributed by atoms with E-state index in [0.29, 0.717) is 0 Å². The highest BCUT2D eigenvalue weighted by atomic mass is 127. The van der Waals surface area contributed by atoms with Crippen LogP contribution in [0.4, 0.5) is 5.82 Å². The Hall–Kier alpha value is -1.17. The molecule has 3 nitrogen and oxygen atoms in total. The second-order valence-corrected chi connectivity index (χ2v) is 7.46. The zero-order chi connectivity index (χ0) is 15.8. The molecule has 0 aliphatic carbocycles. The average Bonchev–Trinajstić information content (AvgIpc) is 2.40. The normalized spacial score (nSPS) is 11.6. The summed E-state index contributed by atoms with van der Waals surface area (Å²) >= 11 is 2.33. The Labute approximate surface area is 140 Å². The highest BCUT2D eigenvalue weighted by Gasteiger charge is 2.23. The molecule has 0 unspecified atom stereocenters. The molecular formula is C17H22IN3. The number of aromatic nitrogens is 2. The molecule has 0 saturated heterocycles. The number of rotatable bonds is 2. The SMILES string of the molecule is CNc1nc(-c2cc(C)ccc2C)nc(C(C)(C)C)c1I. The van der Waals surface area contributed by atoms with Crippen LogP contribution in [-0.2, 0) is 5.41 Å². The Morgan fingerprint density at radius 1 is 1.10 bits per heavy atom. The molecule has 2 rings (SSSR count). The standard InChI is InChI=1S/C17H22IN3/c1-10-7-8-11(2)12(9-10)15-20-14(17(3,4)5)13(18)16(19-6)21-15/h7-9H,1-6H3,(H,19,20,21). The van der Waals surface area contributed by atoms with E-state index in [0.717, 1.165) is 26.5 Å². The van der Waals surface area contributed by atoms with Gasteiger partial charge in [0, 0.05) is 18.0 Å². The lowest BCUT2D eigenvalue weighted by atomic mass is 9.91. The number of aryl methyl sites for hydroxylation is 2. The third-order valence-corrected chi connectivity index (χ3v) is 4.45. The number of nitrogens with zero attached hydrogens (tertiary/aromatic N) is 2. The highest BCUT2D eigenvalue weighted by Crippen LogP contribution is 2.32. The topological polar surface area (TPSA) is 37.8 Å². The Kier molecular flexibility index (Phi) is 4.56. The molecule has 0 bridgehead atoms. The van der Waals surface area contributed by atoms with Gasteiger partial charge in [0.2, 0.25) is 0 Å². The molecule has 112 valence electrons. The van der Waals surface area contributed by atoms with E-state index in [1.54, 1.807) is 0 Å². The lowest BCUT2D eigenvalue weighted by molar-refractivity contribution is 0.564. The lowest BCUT2D eigenvalue weighted by Crippen LogP contribution is -2.18. The molecule has 0 aliphatic heterocycles. The summed E-state index contributed by atoms with van der Waals surface area (Å²) in [6.07, 6.45) is 0. The summed E-state index contributed by atoms with van der Waals surface area (Å²) in [6, 6.07) is 6.40. The fourth-order valence-electron chi connectivity index (χ4n) is 2.21. The number of benzene rings is 1. The van der Waals surface area contributed by atoms with Gasteiger partial charge in [-0.05, 0) is 48.1 Å². The number of halogens is 1. The van der Waals surface area contributed by atoms with Crippen molar-refractivity contribution in [2.75, 3.05) is 12.4 Å². The largest absolute Gasteiger partial charge is 0.372 e. The third kappa shape index (κ3) is 3.36. The van der Waals surface area contributed by atoms with Crippen LogP contribution in [0.2, 0.25) is 0 Å². The van der Waals surface area contributed by atoms with E-state index in [1.165, 1.54) is 11.1 Å². The molecule has 4 heteroatoms. The Balaban J connectivity index is 2.73. The van der Waals surface area contributed by atoms with Gasteiger partial charge >= 0.3 is 0 Å². The summed E-state index contributed by atoms with van der Waals surface area (Å²) in [4.78, 5) is 9.57. The van der Waals surface area contributed by atoms with Crippen molar-refractivity contribution in [3.63, 3.8) is 0 Å². The van der Waals surface area contributed by atoms with Crippen LogP contribution in [0, 0.1) is 17.4 Å². The summed E-state index contributed by atoms with van der Waals surface area (Å²) in [5.41, 5.74) is 4.59. The minimum absolute atomic E-state index is 0.0163. The van der Waals surface area contributed by atoms with Gasteiger partial charge in [-0.25, -0.2) is 9.97 Å². The maximum absolute atomic E-state index is 4.87. The van der Waals surface area contributed by atoms with Crippen LogP contribution in [0.1, 0.15) is 37.6 Å². The van der Waals surface area contributed by atoms with Crippen LogP contribution in [0.5, 0.6) is 0 Å². The van der Waals surface area contributed by atoms with Crippen molar-refractivity contribution in [2.45, 2.75) is 40.0 Å². The van der Waals surface area contributed by atoms with E-state index in [4.69, 9.17) is 9.97 Å². The van der Waals surface area contributed by atoms with Gasteiger partial charge in [0.15, 0.2) is 5.82 Å². The molecule has 0 spiro atoms. The van der Waals surface area contributed by atoms with E-state index in [1.807, 2.05) is 7.05 Å². The first kappa shape index (κ1) is 16.2. The summed E-state index contributed by atoms with van der Waals surface area (Å²) in [5, 5.41) is 3.19. The first-order chi connectivity index (χ1) is 9.74. The summed E-state index contributed by atoms with van der Waals surface area (Å²) in [5.74, 6) is 1.69.